The molecule has 1 aliphatic carbocycles. The van der Waals surface area contributed by atoms with Crippen molar-refractivity contribution < 1.29 is 4.39 Å². The molecular weight excluding hydrogens is 308 g/mol. The lowest BCUT2D eigenvalue weighted by molar-refractivity contribution is 0.257. The Morgan fingerprint density at radius 1 is 1.53 bits per heavy atom. The average Bonchev–Trinajstić information content (AvgIpc) is 2.53. The fourth-order valence-electron chi connectivity index (χ4n) is 2.01. The first-order valence-corrected chi connectivity index (χ1v) is 6.35. The van der Waals surface area contributed by atoms with Crippen LogP contribution in [0, 0.1) is 5.92 Å². The van der Waals surface area contributed by atoms with Crippen LogP contribution in [0.2, 0.25) is 0 Å². The lowest BCUT2D eigenvalue weighted by atomic mass is 9.92. The zero-order valence-electron chi connectivity index (χ0n) is 9.00. The van der Waals surface area contributed by atoms with Crippen molar-refractivity contribution in [2.45, 2.75) is 36.3 Å². The molecule has 0 spiro atoms. The Morgan fingerprint density at radius 2 is 2.27 bits per heavy atom. The van der Waals surface area contributed by atoms with Crippen LogP contribution in [-0.2, 0) is 17.1 Å². The van der Waals surface area contributed by atoms with Gasteiger partial charge in [0, 0.05) is 7.05 Å². The van der Waals surface area contributed by atoms with E-state index in [9.17, 15) is 4.39 Å². The van der Waals surface area contributed by atoms with E-state index >= 15 is 0 Å². The summed E-state index contributed by atoms with van der Waals surface area (Å²) in [4.78, 5) is 0. The van der Waals surface area contributed by atoms with Crippen LogP contribution in [-0.4, -0.2) is 15.0 Å². The number of hydrogen-bond donors (Lipinski definition) is 0. The largest absolute Gasteiger partial charge is 0.252 e. The topological polar surface area (TPSA) is 30.7 Å². The zero-order valence-corrected chi connectivity index (χ0v) is 11.2. The molecule has 0 radical (unpaired) electrons. The van der Waals surface area contributed by atoms with Gasteiger partial charge in [0.2, 0.25) is 3.68 Å². The third-order valence-electron chi connectivity index (χ3n) is 3.11. The third-order valence-corrected chi connectivity index (χ3v) is 4.16. The molecule has 0 fully saturated rings. The van der Waals surface area contributed by atoms with Crippen molar-refractivity contribution in [1.29, 1.82) is 0 Å². The molecule has 2 rings (SSSR count). The number of nitrogens with zero attached hydrogens (tertiary/aromatic N) is 3. The van der Waals surface area contributed by atoms with Crippen LogP contribution in [0.3, 0.4) is 0 Å². The van der Waals surface area contributed by atoms with Gasteiger partial charge >= 0.3 is 0 Å². The Kier molecular flexibility index (Phi) is 3.00. The molecule has 1 heterocycles. The second-order valence-corrected chi connectivity index (χ2v) is 6.11. The van der Waals surface area contributed by atoms with Gasteiger partial charge in [-0.15, -0.1) is 5.10 Å². The fourth-order valence-corrected chi connectivity index (χ4v) is 2.75. The van der Waals surface area contributed by atoms with E-state index in [1.165, 1.54) is 0 Å². The van der Waals surface area contributed by atoms with Crippen LogP contribution >= 0.6 is 22.6 Å². The number of aromatic nitrogens is 3. The van der Waals surface area contributed by atoms with Crippen molar-refractivity contribution >= 4 is 22.6 Å². The highest BCUT2D eigenvalue weighted by Gasteiger charge is 2.36. The summed E-state index contributed by atoms with van der Waals surface area (Å²) in [6.07, 6.45) is 3.45. The Labute approximate surface area is 103 Å². The van der Waals surface area contributed by atoms with E-state index in [4.69, 9.17) is 0 Å². The normalized spacial score (nSPS) is 31.9. The molecule has 0 saturated heterocycles. The van der Waals surface area contributed by atoms with Crippen molar-refractivity contribution in [2.75, 3.05) is 0 Å². The Hall–Kier alpha value is -0.200. The molecule has 2 atom stereocenters. The first-order valence-electron chi connectivity index (χ1n) is 5.27. The molecule has 15 heavy (non-hydrogen) atoms. The zero-order chi connectivity index (χ0) is 11.1. The molecule has 0 amide bonds. The van der Waals surface area contributed by atoms with Crippen LogP contribution in [0.4, 0.5) is 4.39 Å². The van der Waals surface area contributed by atoms with E-state index in [2.05, 4.69) is 17.2 Å². The molecule has 84 valence electrons. The van der Waals surface area contributed by atoms with Gasteiger partial charge in [-0.1, -0.05) is 12.1 Å². The van der Waals surface area contributed by atoms with Gasteiger partial charge in [0.25, 0.3) is 0 Å². The molecule has 2 unspecified atom stereocenters. The van der Waals surface area contributed by atoms with E-state index < -0.39 is 3.68 Å². The van der Waals surface area contributed by atoms with E-state index in [1.54, 1.807) is 4.68 Å². The molecule has 0 aromatic carbocycles. The second-order valence-electron chi connectivity index (χ2n) is 4.40. The maximum absolute atomic E-state index is 14.4. The van der Waals surface area contributed by atoms with Crippen LogP contribution < -0.4 is 0 Å². The number of rotatable bonds is 0. The van der Waals surface area contributed by atoms with Crippen molar-refractivity contribution in [3.8, 4) is 0 Å². The average molecular weight is 323 g/mol. The van der Waals surface area contributed by atoms with Crippen LogP contribution in [0.5, 0.6) is 0 Å². The summed E-state index contributed by atoms with van der Waals surface area (Å²) in [6.45, 7) is 2.18. The van der Waals surface area contributed by atoms with Crippen LogP contribution in [0.15, 0.2) is 0 Å². The van der Waals surface area contributed by atoms with E-state index in [1.807, 2.05) is 29.6 Å². The van der Waals surface area contributed by atoms with E-state index in [-0.39, 0.29) is 0 Å². The van der Waals surface area contributed by atoms with Gasteiger partial charge in [-0.3, -0.25) is 4.68 Å². The molecule has 1 aromatic heterocycles. The molecule has 0 aliphatic heterocycles. The maximum Gasteiger partial charge on any atom is 0.206 e. The highest BCUT2D eigenvalue weighted by Crippen LogP contribution is 2.41. The molecule has 1 aromatic rings. The third kappa shape index (κ3) is 2.16. The summed E-state index contributed by atoms with van der Waals surface area (Å²) in [5.74, 6) is 0.581. The highest BCUT2D eigenvalue weighted by molar-refractivity contribution is 14.1. The minimum atomic E-state index is -1.34. The SMILES string of the molecule is CC1CCc2c(nnn2C)C(F)(I)CC1. The standard InChI is InChI=1S/C10H15FIN3/c1-7-3-4-8-9(13-14-15(8)2)10(11,12)6-5-7/h7H,3-6H2,1-2H3. The Balaban J connectivity index is 2.40. The second kappa shape index (κ2) is 3.99. The molecule has 0 N–H and O–H groups in total. The number of halogens is 2. The van der Waals surface area contributed by atoms with Gasteiger partial charge in [-0.2, -0.15) is 0 Å². The number of alkyl halides is 2. The monoisotopic (exact) mass is 323 g/mol. The molecule has 0 saturated carbocycles. The highest BCUT2D eigenvalue weighted by atomic mass is 127. The van der Waals surface area contributed by atoms with Crippen molar-refractivity contribution in [3.05, 3.63) is 11.4 Å². The fraction of sp³-hybridized carbons (Fsp3) is 0.800. The smallest absolute Gasteiger partial charge is 0.206 e. The molecular formula is C10H15FIN3. The van der Waals surface area contributed by atoms with Gasteiger partial charge < -0.3 is 0 Å². The lowest BCUT2D eigenvalue weighted by Crippen LogP contribution is -2.19. The molecule has 3 nitrogen and oxygen atoms in total. The minimum absolute atomic E-state index is 0.539. The van der Waals surface area contributed by atoms with Gasteiger partial charge in [-0.05, 0) is 54.2 Å². The van der Waals surface area contributed by atoms with E-state index in [0.717, 1.165) is 25.0 Å². The predicted octanol–water partition coefficient (Wildman–Crippen LogP) is 2.73. The van der Waals surface area contributed by atoms with Gasteiger partial charge in [0.15, 0.2) is 0 Å². The predicted molar refractivity (Wildman–Crippen MR) is 64.5 cm³/mol. The minimum Gasteiger partial charge on any atom is -0.252 e. The Bertz CT molecular complexity index is 362. The van der Waals surface area contributed by atoms with Crippen molar-refractivity contribution in [3.63, 3.8) is 0 Å². The summed E-state index contributed by atoms with van der Waals surface area (Å²) in [5, 5.41) is 7.89. The van der Waals surface area contributed by atoms with Gasteiger partial charge in [0.05, 0.1) is 5.69 Å². The number of aryl methyl sites for hydroxylation is 1. The Morgan fingerprint density at radius 3 is 3.00 bits per heavy atom. The van der Waals surface area contributed by atoms with E-state index in [0.29, 0.717) is 18.0 Å². The lowest BCUT2D eigenvalue weighted by Gasteiger charge is -2.23. The summed E-state index contributed by atoms with van der Waals surface area (Å²) in [7, 11) is 1.84. The van der Waals surface area contributed by atoms with Crippen LogP contribution in [0.1, 0.15) is 37.6 Å². The van der Waals surface area contributed by atoms with Gasteiger partial charge in [-0.25, -0.2) is 4.39 Å². The van der Waals surface area contributed by atoms with Crippen LogP contribution in [0.25, 0.3) is 0 Å². The summed E-state index contributed by atoms with van der Waals surface area (Å²) >= 11 is 1.87. The summed E-state index contributed by atoms with van der Waals surface area (Å²) < 4.78 is 14.7. The quantitative estimate of drug-likeness (QED) is 0.543. The number of fused-ring (bicyclic) bond motifs is 1. The first kappa shape index (κ1) is 11.3. The summed E-state index contributed by atoms with van der Waals surface area (Å²) in [5.41, 5.74) is 1.50. The first-order chi connectivity index (χ1) is 7.00. The molecule has 1 aliphatic rings. The van der Waals surface area contributed by atoms with Crippen molar-refractivity contribution in [2.24, 2.45) is 13.0 Å². The molecule has 0 bridgehead atoms. The maximum atomic E-state index is 14.4. The summed E-state index contributed by atoms with van der Waals surface area (Å²) in [6, 6.07) is 0. The molecule has 5 heteroatoms. The van der Waals surface area contributed by atoms with Crippen molar-refractivity contribution in [1.82, 2.24) is 15.0 Å². The number of hydrogen-bond acceptors (Lipinski definition) is 2. The van der Waals surface area contributed by atoms with Gasteiger partial charge in [0.1, 0.15) is 5.69 Å².